The third kappa shape index (κ3) is 4.40. The number of rotatable bonds is 6. The van der Waals surface area contributed by atoms with Crippen molar-refractivity contribution in [2.24, 2.45) is 0 Å². The Morgan fingerprint density at radius 2 is 2.05 bits per heavy atom. The highest BCUT2D eigenvalue weighted by atomic mass is 32.1. The van der Waals surface area contributed by atoms with Gasteiger partial charge in [-0.3, -0.25) is 10.1 Å². The van der Waals surface area contributed by atoms with Crippen molar-refractivity contribution in [1.82, 2.24) is 15.5 Å². The number of nitrogens with zero attached hydrogens (tertiary/aromatic N) is 2. The zero-order valence-electron chi connectivity index (χ0n) is 11.5. The van der Waals surface area contributed by atoms with Crippen LogP contribution in [0.5, 0.6) is 0 Å². The van der Waals surface area contributed by atoms with Gasteiger partial charge in [0.2, 0.25) is 11.0 Å². The van der Waals surface area contributed by atoms with Gasteiger partial charge in [-0.1, -0.05) is 55.5 Å². The average molecular weight is 290 g/mol. The molecule has 2 rings (SSSR count). The zero-order valence-corrected chi connectivity index (χ0v) is 12.4. The summed E-state index contributed by atoms with van der Waals surface area (Å²) in [6, 6.07) is 9.90. The van der Waals surface area contributed by atoms with E-state index in [-0.39, 0.29) is 18.0 Å². The fourth-order valence-corrected chi connectivity index (χ4v) is 2.35. The molecule has 1 heterocycles. The summed E-state index contributed by atoms with van der Waals surface area (Å²) in [5.74, 6) is -0.0840. The van der Waals surface area contributed by atoms with Crippen molar-refractivity contribution >= 4 is 22.4 Å². The van der Waals surface area contributed by atoms with E-state index in [4.69, 9.17) is 0 Å². The quantitative estimate of drug-likeness (QED) is 0.855. The number of carbonyl (C=O) groups is 1. The maximum Gasteiger partial charge on any atom is 0.243 e. The van der Waals surface area contributed by atoms with Crippen molar-refractivity contribution in [2.45, 2.75) is 32.4 Å². The first-order chi connectivity index (χ1) is 9.65. The van der Waals surface area contributed by atoms with Crippen molar-refractivity contribution in [2.75, 3.05) is 5.32 Å². The number of amides is 1. The van der Waals surface area contributed by atoms with Crippen molar-refractivity contribution in [3.05, 3.63) is 41.4 Å². The van der Waals surface area contributed by atoms with Crippen molar-refractivity contribution in [3.63, 3.8) is 0 Å². The Labute approximate surface area is 122 Å². The fraction of sp³-hybridized carbons (Fsp3) is 0.357. The number of hydrogen-bond acceptors (Lipinski definition) is 5. The lowest BCUT2D eigenvalue weighted by atomic mass is 10.0. The Morgan fingerprint density at radius 3 is 2.65 bits per heavy atom. The molecule has 106 valence electrons. The lowest BCUT2D eigenvalue weighted by molar-refractivity contribution is -0.118. The van der Waals surface area contributed by atoms with Crippen molar-refractivity contribution < 1.29 is 4.79 Å². The molecule has 0 aliphatic rings. The van der Waals surface area contributed by atoms with Gasteiger partial charge in [0.05, 0.1) is 6.04 Å². The molecule has 6 heteroatoms. The number of benzene rings is 1. The summed E-state index contributed by atoms with van der Waals surface area (Å²) in [6.45, 7) is 4.05. The van der Waals surface area contributed by atoms with E-state index >= 15 is 0 Å². The summed E-state index contributed by atoms with van der Waals surface area (Å²) in [5, 5.41) is 14.1. The van der Waals surface area contributed by atoms with Crippen LogP contribution in [0.3, 0.4) is 0 Å². The van der Waals surface area contributed by atoms with Crippen LogP contribution in [0.4, 0.5) is 5.13 Å². The van der Waals surface area contributed by atoms with E-state index in [2.05, 4.69) is 20.8 Å². The van der Waals surface area contributed by atoms with Crippen LogP contribution in [0.25, 0.3) is 0 Å². The molecular weight excluding hydrogens is 272 g/mol. The number of aromatic nitrogens is 2. The maximum absolute atomic E-state index is 12.3. The van der Waals surface area contributed by atoms with Crippen molar-refractivity contribution in [1.29, 1.82) is 0 Å². The van der Waals surface area contributed by atoms with Gasteiger partial charge in [-0.05, 0) is 12.0 Å². The van der Waals surface area contributed by atoms with Gasteiger partial charge in [-0.15, -0.1) is 10.2 Å². The van der Waals surface area contributed by atoms with Crippen LogP contribution in [0.15, 0.2) is 35.8 Å². The topological polar surface area (TPSA) is 66.9 Å². The first kappa shape index (κ1) is 14.6. The van der Waals surface area contributed by atoms with E-state index in [0.717, 1.165) is 5.56 Å². The molecule has 0 fully saturated rings. The number of hydrogen-bond donors (Lipinski definition) is 2. The summed E-state index contributed by atoms with van der Waals surface area (Å²) < 4.78 is 0. The van der Waals surface area contributed by atoms with Gasteiger partial charge in [0.25, 0.3) is 0 Å². The van der Waals surface area contributed by atoms with E-state index in [0.29, 0.717) is 11.6 Å². The Bertz CT molecular complexity index is 527. The van der Waals surface area contributed by atoms with Gasteiger partial charge in [0.15, 0.2) is 0 Å². The van der Waals surface area contributed by atoms with Gasteiger partial charge >= 0.3 is 0 Å². The normalized spacial score (nSPS) is 12.3. The lowest BCUT2D eigenvalue weighted by Crippen LogP contribution is -2.45. The van der Waals surface area contributed by atoms with Gasteiger partial charge in [0.1, 0.15) is 5.51 Å². The molecule has 20 heavy (non-hydrogen) atoms. The Morgan fingerprint density at radius 1 is 1.30 bits per heavy atom. The largest absolute Gasteiger partial charge is 0.303 e. The van der Waals surface area contributed by atoms with Gasteiger partial charge in [-0.2, -0.15) is 0 Å². The summed E-state index contributed by atoms with van der Waals surface area (Å²) in [7, 11) is 0. The van der Waals surface area contributed by atoms with Crippen molar-refractivity contribution in [3.8, 4) is 0 Å². The number of anilines is 1. The highest BCUT2D eigenvalue weighted by Crippen LogP contribution is 2.10. The second kappa shape index (κ2) is 7.12. The highest BCUT2D eigenvalue weighted by molar-refractivity contribution is 7.13. The minimum atomic E-state index is -0.290. The summed E-state index contributed by atoms with van der Waals surface area (Å²) >= 11 is 1.31. The second-order valence-electron chi connectivity index (χ2n) is 4.80. The van der Waals surface area contributed by atoms with Gasteiger partial charge in [-0.25, -0.2) is 0 Å². The summed E-state index contributed by atoms with van der Waals surface area (Å²) in [5.41, 5.74) is 2.72. The molecule has 1 unspecified atom stereocenters. The van der Waals surface area contributed by atoms with E-state index in [9.17, 15) is 4.79 Å². The Kier molecular flexibility index (Phi) is 5.20. The minimum Gasteiger partial charge on any atom is -0.303 e. The standard InChI is InChI=1S/C14H18N4OS/c1-10(2)16-12(8-11-6-4-3-5-7-11)13(19)17-14-18-15-9-20-14/h3-7,9-10,12,16H,8H2,1-2H3,(H,17,18,19). The summed E-state index contributed by atoms with van der Waals surface area (Å²) in [4.78, 5) is 12.3. The van der Waals surface area contributed by atoms with Crippen LogP contribution in [0.1, 0.15) is 19.4 Å². The first-order valence-corrected chi connectivity index (χ1v) is 7.40. The highest BCUT2D eigenvalue weighted by Gasteiger charge is 2.20. The molecule has 0 radical (unpaired) electrons. The van der Waals surface area contributed by atoms with Crippen LogP contribution in [-0.2, 0) is 11.2 Å². The first-order valence-electron chi connectivity index (χ1n) is 6.52. The zero-order chi connectivity index (χ0) is 14.4. The Hall–Kier alpha value is -1.79. The smallest absolute Gasteiger partial charge is 0.243 e. The number of carbonyl (C=O) groups excluding carboxylic acids is 1. The third-order valence-electron chi connectivity index (χ3n) is 2.72. The average Bonchev–Trinajstić information content (AvgIpc) is 2.91. The molecule has 2 aromatic rings. The molecule has 5 nitrogen and oxygen atoms in total. The van der Waals surface area contributed by atoms with Crippen LogP contribution in [-0.4, -0.2) is 28.2 Å². The monoisotopic (exact) mass is 290 g/mol. The SMILES string of the molecule is CC(C)NC(Cc1ccccc1)C(=O)Nc1nncs1. The fourth-order valence-electron chi connectivity index (χ4n) is 1.90. The van der Waals surface area contributed by atoms with E-state index < -0.39 is 0 Å². The maximum atomic E-state index is 12.3. The van der Waals surface area contributed by atoms with Crippen LogP contribution in [0, 0.1) is 0 Å². The predicted octanol–water partition coefficient (Wildman–Crippen LogP) is 2.09. The molecule has 0 saturated heterocycles. The molecular formula is C14H18N4OS. The van der Waals surface area contributed by atoms with Crippen LogP contribution < -0.4 is 10.6 Å². The molecule has 1 aromatic carbocycles. The summed E-state index contributed by atoms with van der Waals surface area (Å²) in [6.07, 6.45) is 0.643. The minimum absolute atomic E-state index is 0.0840. The van der Waals surface area contributed by atoms with Gasteiger partial charge < -0.3 is 5.32 Å². The molecule has 1 atom stereocenters. The van der Waals surface area contributed by atoms with E-state index in [1.54, 1.807) is 5.51 Å². The third-order valence-corrected chi connectivity index (χ3v) is 3.33. The van der Waals surface area contributed by atoms with Gasteiger partial charge in [0, 0.05) is 6.04 Å². The molecule has 1 aromatic heterocycles. The molecule has 2 N–H and O–H groups in total. The van der Waals surface area contributed by atoms with Crippen LogP contribution >= 0.6 is 11.3 Å². The Balaban J connectivity index is 2.04. The molecule has 1 amide bonds. The predicted molar refractivity (Wildman–Crippen MR) is 80.7 cm³/mol. The van der Waals surface area contributed by atoms with Crippen LogP contribution in [0.2, 0.25) is 0 Å². The van der Waals surface area contributed by atoms with E-state index in [1.165, 1.54) is 11.3 Å². The molecule has 0 saturated carbocycles. The molecule has 0 spiro atoms. The van der Waals surface area contributed by atoms with E-state index in [1.807, 2.05) is 44.2 Å². The number of nitrogens with one attached hydrogen (secondary N) is 2. The molecule has 0 aliphatic carbocycles. The molecule has 0 bridgehead atoms. The second-order valence-corrected chi connectivity index (χ2v) is 5.63. The molecule has 0 aliphatic heterocycles. The lowest BCUT2D eigenvalue weighted by Gasteiger charge is -2.20.